The van der Waals surface area contributed by atoms with Crippen LogP contribution in [0.5, 0.6) is 11.5 Å². The summed E-state index contributed by atoms with van der Waals surface area (Å²) in [5.41, 5.74) is 8.15. The van der Waals surface area contributed by atoms with Gasteiger partial charge in [0.1, 0.15) is 0 Å². The van der Waals surface area contributed by atoms with Crippen LogP contribution in [0.15, 0.2) is 30.6 Å². The second-order valence-corrected chi connectivity index (χ2v) is 5.29. The number of hydrogen-bond donors (Lipinski definition) is 1. The molecule has 0 aliphatic rings. The Bertz CT molecular complexity index is 579. The van der Waals surface area contributed by atoms with Gasteiger partial charge in [-0.25, -0.2) is 0 Å². The molecule has 21 heavy (non-hydrogen) atoms. The Hall–Kier alpha value is -2.01. The third-order valence-electron chi connectivity index (χ3n) is 3.19. The van der Waals surface area contributed by atoms with Crippen molar-refractivity contribution in [2.24, 2.45) is 12.8 Å². The summed E-state index contributed by atoms with van der Waals surface area (Å²) >= 11 is 0. The summed E-state index contributed by atoms with van der Waals surface area (Å²) in [6.45, 7) is 2.58. The molecule has 2 rings (SSSR count). The van der Waals surface area contributed by atoms with Gasteiger partial charge in [0.05, 0.1) is 19.9 Å². The normalized spacial score (nSPS) is 12.2. The maximum Gasteiger partial charge on any atom is 0.161 e. The first-order chi connectivity index (χ1) is 10.1. The lowest BCUT2D eigenvalue weighted by molar-refractivity contribution is 0.297. The van der Waals surface area contributed by atoms with Crippen molar-refractivity contribution in [2.75, 3.05) is 13.7 Å². The number of methoxy groups -OCH3 is 1. The molecule has 0 saturated carbocycles. The first-order valence-electron chi connectivity index (χ1n) is 7.11. The number of aryl methyl sites for hydroxylation is 1. The number of rotatable bonds is 7. The number of aromatic nitrogens is 2. The molecule has 0 aliphatic heterocycles. The van der Waals surface area contributed by atoms with Crippen molar-refractivity contribution < 1.29 is 9.47 Å². The number of nitrogens with zero attached hydrogens (tertiary/aromatic N) is 2. The molecular weight excluding hydrogens is 266 g/mol. The van der Waals surface area contributed by atoms with Crippen LogP contribution < -0.4 is 15.2 Å². The Morgan fingerprint density at radius 1 is 1.29 bits per heavy atom. The quantitative estimate of drug-likeness (QED) is 0.846. The van der Waals surface area contributed by atoms with Crippen molar-refractivity contribution in [1.82, 2.24) is 9.78 Å². The van der Waals surface area contributed by atoms with Crippen LogP contribution in [0.4, 0.5) is 0 Å². The maximum atomic E-state index is 5.86. The van der Waals surface area contributed by atoms with Crippen LogP contribution in [-0.2, 0) is 19.9 Å². The van der Waals surface area contributed by atoms with Gasteiger partial charge in [0.15, 0.2) is 11.5 Å². The van der Waals surface area contributed by atoms with Crippen LogP contribution in [0, 0.1) is 0 Å². The fourth-order valence-corrected chi connectivity index (χ4v) is 2.21. The molecule has 1 atom stereocenters. The van der Waals surface area contributed by atoms with E-state index in [2.05, 4.69) is 5.10 Å². The highest BCUT2D eigenvalue weighted by Crippen LogP contribution is 2.28. The fraction of sp³-hybridized carbons (Fsp3) is 0.438. The molecule has 0 spiro atoms. The minimum Gasteiger partial charge on any atom is -0.493 e. The Balaban J connectivity index is 1.99. The molecule has 0 aliphatic carbocycles. The molecule has 0 bridgehead atoms. The minimum absolute atomic E-state index is 0.127. The highest BCUT2D eigenvalue weighted by atomic mass is 16.5. The zero-order valence-electron chi connectivity index (χ0n) is 12.9. The largest absolute Gasteiger partial charge is 0.493 e. The average molecular weight is 289 g/mol. The maximum absolute atomic E-state index is 5.86. The summed E-state index contributed by atoms with van der Waals surface area (Å²) in [6, 6.07) is 6.08. The summed E-state index contributed by atoms with van der Waals surface area (Å²) in [4.78, 5) is 0. The van der Waals surface area contributed by atoms with Crippen molar-refractivity contribution in [1.29, 1.82) is 0 Å². The summed E-state index contributed by atoms with van der Waals surface area (Å²) in [5, 5.41) is 4.15. The van der Waals surface area contributed by atoms with E-state index in [0.717, 1.165) is 35.5 Å². The van der Waals surface area contributed by atoms with Crippen molar-refractivity contribution >= 4 is 0 Å². The van der Waals surface area contributed by atoms with Crippen molar-refractivity contribution in [3.63, 3.8) is 0 Å². The van der Waals surface area contributed by atoms with E-state index in [-0.39, 0.29) is 6.04 Å². The lowest BCUT2D eigenvalue weighted by Crippen LogP contribution is -2.17. The second-order valence-electron chi connectivity index (χ2n) is 5.29. The SMILES string of the molecule is COc1ccc(CC(C)N)cc1OCCc1cnn(C)c1. The Morgan fingerprint density at radius 2 is 2.10 bits per heavy atom. The van der Waals surface area contributed by atoms with E-state index in [1.807, 2.05) is 44.6 Å². The first kappa shape index (κ1) is 15.4. The summed E-state index contributed by atoms with van der Waals surface area (Å²) in [5.74, 6) is 1.51. The van der Waals surface area contributed by atoms with E-state index in [9.17, 15) is 0 Å². The zero-order valence-corrected chi connectivity index (χ0v) is 12.9. The monoisotopic (exact) mass is 289 g/mol. The summed E-state index contributed by atoms with van der Waals surface area (Å²) in [6.07, 6.45) is 5.48. The van der Waals surface area contributed by atoms with E-state index < -0.39 is 0 Å². The van der Waals surface area contributed by atoms with Gasteiger partial charge in [-0.1, -0.05) is 6.07 Å². The number of ether oxygens (including phenoxy) is 2. The van der Waals surface area contributed by atoms with E-state index in [0.29, 0.717) is 6.61 Å². The smallest absolute Gasteiger partial charge is 0.161 e. The lowest BCUT2D eigenvalue weighted by atomic mass is 10.1. The molecule has 0 saturated heterocycles. The number of nitrogens with two attached hydrogens (primary N) is 1. The molecule has 114 valence electrons. The highest BCUT2D eigenvalue weighted by molar-refractivity contribution is 5.43. The predicted molar refractivity (Wildman–Crippen MR) is 82.8 cm³/mol. The molecule has 2 N–H and O–H groups in total. The van der Waals surface area contributed by atoms with Crippen LogP contribution in [0.1, 0.15) is 18.1 Å². The molecule has 2 aromatic rings. The number of benzene rings is 1. The predicted octanol–water partition coefficient (Wildman–Crippen LogP) is 1.94. The third-order valence-corrected chi connectivity index (χ3v) is 3.19. The van der Waals surface area contributed by atoms with Crippen molar-refractivity contribution in [2.45, 2.75) is 25.8 Å². The van der Waals surface area contributed by atoms with Gasteiger partial charge in [-0.05, 0) is 36.6 Å². The fourth-order valence-electron chi connectivity index (χ4n) is 2.21. The third kappa shape index (κ3) is 4.49. The van der Waals surface area contributed by atoms with Crippen LogP contribution in [0.2, 0.25) is 0 Å². The zero-order chi connectivity index (χ0) is 15.2. The van der Waals surface area contributed by atoms with Crippen LogP contribution in [-0.4, -0.2) is 29.5 Å². The van der Waals surface area contributed by atoms with Gasteiger partial charge in [-0.2, -0.15) is 5.10 Å². The van der Waals surface area contributed by atoms with Crippen LogP contribution in [0.3, 0.4) is 0 Å². The molecule has 1 unspecified atom stereocenters. The standard InChI is InChI=1S/C16H23N3O2/c1-12(17)8-13-4-5-15(20-3)16(9-13)21-7-6-14-10-18-19(2)11-14/h4-5,9-12H,6-8,17H2,1-3H3. The van der Waals surface area contributed by atoms with E-state index in [4.69, 9.17) is 15.2 Å². The molecule has 1 heterocycles. The second kappa shape index (κ2) is 7.13. The minimum atomic E-state index is 0.127. The van der Waals surface area contributed by atoms with Crippen molar-refractivity contribution in [3.8, 4) is 11.5 Å². The van der Waals surface area contributed by atoms with Gasteiger partial charge < -0.3 is 15.2 Å². The van der Waals surface area contributed by atoms with Gasteiger partial charge in [-0.15, -0.1) is 0 Å². The molecule has 1 aromatic heterocycles. The van der Waals surface area contributed by atoms with Gasteiger partial charge in [0.2, 0.25) is 0 Å². The van der Waals surface area contributed by atoms with Gasteiger partial charge >= 0.3 is 0 Å². The molecule has 0 fully saturated rings. The Labute approximate surface area is 125 Å². The Kier molecular flexibility index (Phi) is 5.22. The highest BCUT2D eigenvalue weighted by Gasteiger charge is 2.07. The van der Waals surface area contributed by atoms with E-state index in [1.54, 1.807) is 11.8 Å². The average Bonchev–Trinajstić information content (AvgIpc) is 2.84. The van der Waals surface area contributed by atoms with E-state index >= 15 is 0 Å². The number of hydrogen-bond acceptors (Lipinski definition) is 4. The topological polar surface area (TPSA) is 62.3 Å². The van der Waals surface area contributed by atoms with Gasteiger partial charge in [-0.3, -0.25) is 4.68 Å². The van der Waals surface area contributed by atoms with Crippen LogP contribution >= 0.6 is 0 Å². The van der Waals surface area contributed by atoms with E-state index in [1.165, 1.54) is 0 Å². The molecule has 5 nitrogen and oxygen atoms in total. The molecule has 5 heteroatoms. The van der Waals surface area contributed by atoms with Gasteiger partial charge in [0.25, 0.3) is 0 Å². The van der Waals surface area contributed by atoms with Gasteiger partial charge in [0, 0.05) is 25.7 Å². The van der Waals surface area contributed by atoms with Crippen molar-refractivity contribution in [3.05, 3.63) is 41.7 Å². The Morgan fingerprint density at radius 3 is 2.71 bits per heavy atom. The molecule has 0 radical (unpaired) electrons. The summed E-state index contributed by atoms with van der Waals surface area (Å²) in [7, 11) is 3.55. The van der Waals surface area contributed by atoms with Crippen LogP contribution in [0.25, 0.3) is 0 Å². The summed E-state index contributed by atoms with van der Waals surface area (Å²) < 4.78 is 13.0. The first-order valence-corrected chi connectivity index (χ1v) is 7.11. The lowest BCUT2D eigenvalue weighted by Gasteiger charge is -2.13. The molecule has 0 amide bonds. The molecule has 1 aromatic carbocycles. The molecular formula is C16H23N3O2.